The Hall–Kier alpha value is -3.50. The lowest BCUT2D eigenvalue weighted by Crippen LogP contribution is -2.32. The van der Waals surface area contributed by atoms with Gasteiger partial charge in [-0.25, -0.2) is 0 Å². The lowest BCUT2D eigenvalue weighted by Gasteiger charge is -2.14. The molecule has 1 aliphatic heterocycles. The van der Waals surface area contributed by atoms with E-state index in [1.165, 1.54) is 4.52 Å². The maximum atomic E-state index is 13.3. The van der Waals surface area contributed by atoms with E-state index in [2.05, 4.69) is 32.6 Å². The average Bonchev–Trinajstić information content (AvgIpc) is 3.44. The molecule has 0 spiro atoms. The number of halogens is 1. The molecular weight excluding hydrogens is 508 g/mol. The summed E-state index contributed by atoms with van der Waals surface area (Å²) < 4.78 is 13.0. The number of nitrogens with zero attached hydrogens (tertiary/aromatic N) is 4. The van der Waals surface area contributed by atoms with Gasteiger partial charge in [0.15, 0.2) is 17.3 Å². The third kappa shape index (κ3) is 3.33. The number of aromatic nitrogens is 3. The third-order valence-corrected chi connectivity index (χ3v) is 6.84. The molecule has 0 N–H and O–H groups in total. The Kier molecular flexibility index (Phi) is 5.26. The van der Waals surface area contributed by atoms with E-state index >= 15 is 0 Å². The quantitative estimate of drug-likeness (QED) is 0.373. The molecular formula is C23H17BrN4O4S. The van der Waals surface area contributed by atoms with Crippen LogP contribution in [0.25, 0.3) is 21.9 Å². The molecule has 0 fully saturated rings. The van der Waals surface area contributed by atoms with Crippen molar-refractivity contribution < 1.29 is 14.3 Å². The molecule has 33 heavy (non-hydrogen) atoms. The standard InChI is InChI=1S/C23H17BrN4O4S/c1-4-9-27-15-7-6-13(24)11-14(15)18(21(27)29)19-22(30)28-23(33-19)25-20(26-28)12-5-8-16(31-2)17(10-12)32-3/h4-8,10-11H,1,9H2,2-3H3/b19-18-. The van der Waals surface area contributed by atoms with Crippen molar-refractivity contribution in [2.75, 3.05) is 25.7 Å². The smallest absolute Gasteiger partial charge is 0.291 e. The molecule has 0 aliphatic carbocycles. The molecule has 4 aromatic rings. The highest BCUT2D eigenvalue weighted by Gasteiger charge is 2.34. The van der Waals surface area contributed by atoms with Crippen molar-refractivity contribution in [2.24, 2.45) is 0 Å². The van der Waals surface area contributed by atoms with E-state index in [-0.39, 0.29) is 11.5 Å². The Morgan fingerprint density at radius 2 is 1.91 bits per heavy atom. The van der Waals surface area contributed by atoms with Gasteiger partial charge in [-0.1, -0.05) is 33.3 Å². The van der Waals surface area contributed by atoms with Gasteiger partial charge in [0.05, 0.1) is 25.5 Å². The van der Waals surface area contributed by atoms with Crippen LogP contribution in [0, 0.1) is 0 Å². The highest BCUT2D eigenvalue weighted by molar-refractivity contribution is 9.10. The second-order valence-corrected chi connectivity index (χ2v) is 9.07. The van der Waals surface area contributed by atoms with E-state index in [1.54, 1.807) is 43.4 Å². The van der Waals surface area contributed by atoms with Gasteiger partial charge in [-0.15, -0.1) is 11.7 Å². The number of carbonyl (C=O) groups excluding carboxylic acids is 1. The number of thiazole rings is 1. The molecule has 3 heterocycles. The van der Waals surface area contributed by atoms with Crippen molar-refractivity contribution in [3.8, 4) is 22.9 Å². The molecule has 1 aliphatic rings. The second kappa shape index (κ2) is 8.13. The van der Waals surface area contributed by atoms with Gasteiger partial charge in [0.2, 0.25) is 4.96 Å². The number of hydrogen-bond donors (Lipinski definition) is 0. The maximum Gasteiger partial charge on any atom is 0.291 e. The fraction of sp³-hybridized carbons (Fsp3) is 0.130. The van der Waals surface area contributed by atoms with Crippen LogP contribution in [0.5, 0.6) is 11.5 Å². The molecule has 0 saturated carbocycles. The van der Waals surface area contributed by atoms with Crippen molar-refractivity contribution in [1.82, 2.24) is 14.6 Å². The van der Waals surface area contributed by atoms with E-state index < -0.39 is 0 Å². The van der Waals surface area contributed by atoms with E-state index in [1.807, 2.05) is 18.2 Å². The van der Waals surface area contributed by atoms with Crippen molar-refractivity contribution in [3.63, 3.8) is 0 Å². The first-order chi connectivity index (χ1) is 16.0. The van der Waals surface area contributed by atoms with Gasteiger partial charge in [-0.2, -0.15) is 9.50 Å². The SMILES string of the molecule is C=CCN1C(=O)/C(=c2\sc3nc(-c4ccc(OC)c(OC)c4)nn3c2=O)c2cc(Br)ccc21. The summed E-state index contributed by atoms with van der Waals surface area (Å²) in [5, 5.41) is 4.40. The monoisotopic (exact) mass is 524 g/mol. The Balaban J connectivity index is 1.69. The highest BCUT2D eigenvalue weighted by atomic mass is 79.9. The molecule has 8 nitrogen and oxygen atoms in total. The van der Waals surface area contributed by atoms with Gasteiger partial charge in [0.1, 0.15) is 4.53 Å². The molecule has 2 aromatic heterocycles. The average molecular weight is 525 g/mol. The summed E-state index contributed by atoms with van der Waals surface area (Å²) in [6, 6.07) is 10.9. The normalized spacial score (nSPS) is 14.6. The molecule has 10 heteroatoms. The Labute approximate surface area is 200 Å². The van der Waals surface area contributed by atoms with E-state index in [0.29, 0.717) is 50.1 Å². The molecule has 0 atom stereocenters. The van der Waals surface area contributed by atoms with Crippen molar-refractivity contribution in [2.45, 2.75) is 0 Å². The number of methoxy groups -OCH3 is 2. The largest absolute Gasteiger partial charge is 0.493 e. The number of ether oxygens (including phenoxy) is 2. The van der Waals surface area contributed by atoms with Crippen LogP contribution in [0.1, 0.15) is 5.56 Å². The molecule has 0 bridgehead atoms. The van der Waals surface area contributed by atoms with E-state index in [9.17, 15) is 9.59 Å². The predicted molar refractivity (Wildman–Crippen MR) is 130 cm³/mol. The molecule has 166 valence electrons. The zero-order valence-corrected chi connectivity index (χ0v) is 20.1. The lowest BCUT2D eigenvalue weighted by molar-refractivity contribution is -0.112. The first-order valence-corrected chi connectivity index (χ1v) is 11.5. The number of amides is 1. The van der Waals surface area contributed by atoms with Crippen LogP contribution in [-0.4, -0.2) is 41.3 Å². The molecule has 0 saturated heterocycles. The van der Waals surface area contributed by atoms with Gasteiger partial charge in [-0.05, 0) is 36.4 Å². The summed E-state index contributed by atoms with van der Waals surface area (Å²) in [6.07, 6.45) is 1.66. The predicted octanol–water partition coefficient (Wildman–Crippen LogP) is 3.05. The summed E-state index contributed by atoms with van der Waals surface area (Å²) in [5.41, 5.74) is 2.08. The zero-order chi connectivity index (χ0) is 23.3. The minimum absolute atomic E-state index is 0.246. The van der Waals surface area contributed by atoms with Crippen LogP contribution >= 0.6 is 27.3 Å². The van der Waals surface area contributed by atoms with Crippen LogP contribution in [-0.2, 0) is 4.79 Å². The van der Waals surface area contributed by atoms with Gasteiger partial charge in [0, 0.05) is 22.1 Å². The summed E-state index contributed by atoms with van der Waals surface area (Å²) in [4.78, 5) is 33.1. The summed E-state index contributed by atoms with van der Waals surface area (Å²) in [7, 11) is 3.10. The Morgan fingerprint density at radius 3 is 2.61 bits per heavy atom. The number of benzene rings is 2. The molecule has 0 unspecified atom stereocenters. The van der Waals surface area contributed by atoms with Crippen LogP contribution in [0.2, 0.25) is 0 Å². The second-order valence-electron chi connectivity index (χ2n) is 7.18. The summed E-state index contributed by atoms with van der Waals surface area (Å²) in [5.74, 6) is 1.25. The van der Waals surface area contributed by atoms with Crippen molar-refractivity contribution in [1.29, 1.82) is 0 Å². The van der Waals surface area contributed by atoms with Crippen molar-refractivity contribution >= 4 is 49.4 Å². The van der Waals surface area contributed by atoms with Gasteiger partial charge in [-0.3, -0.25) is 9.59 Å². The number of rotatable bonds is 5. The van der Waals surface area contributed by atoms with Crippen LogP contribution in [0.4, 0.5) is 5.69 Å². The summed E-state index contributed by atoms with van der Waals surface area (Å²) >= 11 is 4.60. The molecule has 0 radical (unpaired) electrons. The molecule has 1 amide bonds. The van der Waals surface area contributed by atoms with Crippen LogP contribution in [0.3, 0.4) is 0 Å². The van der Waals surface area contributed by atoms with Gasteiger partial charge in [0.25, 0.3) is 11.5 Å². The summed E-state index contributed by atoms with van der Waals surface area (Å²) in [6.45, 7) is 4.08. The Morgan fingerprint density at radius 1 is 1.12 bits per heavy atom. The minimum Gasteiger partial charge on any atom is -0.493 e. The first-order valence-electron chi connectivity index (χ1n) is 9.85. The number of carbonyl (C=O) groups is 1. The fourth-order valence-corrected chi connectivity index (χ4v) is 5.18. The number of fused-ring (bicyclic) bond motifs is 2. The molecule has 5 rings (SSSR count). The fourth-order valence-electron chi connectivity index (χ4n) is 3.82. The van der Waals surface area contributed by atoms with Gasteiger partial charge >= 0.3 is 0 Å². The number of anilines is 1. The van der Waals surface area contributed by atoms with Crippen molar-refractivity contribution in [3.05, 3.63) is 74.0 Å². The zero-order valence-electron chi connectivity index (χ0n) is 17.7. The molecule has 2 aromatic carbocycles. The van der Waals surface area contributed by atoms with Crippen LogP contribution < -0.4 is 24.5 Å². The number of hydrogen-bond acceptors (Lipinski definition) is 7. The Bertz CT molecular complexity index is 1560. The highest BCUT2D eigenvalue weighted by Crippen LogP contribution is 2.37. The van der Waals surface area contributed by atoms with Gasteiger partial charge < -0.3 is 14.4 Å². The minimum atomic E-state index is -0.385. The van der Waals surface area contributed by atoms with Crippen LogP contribution in [0.15, 0.2) is 58.3 Å². The maximum absolute atomic E-state index is 13.3. The topological polar surface area (TPSA) is 86.0 Å². The van der Waals surface area contributed by atoms with E-state index in [4.69, 9.17) is 9.47 Å². The third-order valence-electron chi connectivity index (χ3n) is 5.32. The van der Waals surface area contributed by atoms with E-state index in [0.717, 1.165) is 21.5 Å². The lowest BCUT2D eigenvalue weighted by atomic mass is 10.1. The first kappa shape index (κ1) is 21.4.